The van der Waals surface area contributed by atoms with Gasteiger partial charge in [-0.2, -0.15) is 0 Å². The largest absolute Gasteiger partial charge is 0.371 e. The molecule has 2 N–H and O–H groups in total. The predicted octanol–water partition coefficient (Wildman–Crippen LogP) is 4.33. The zero-order valence-electron chi connectivity index (χ0n) is 16.1. The van der Waals surface area contributed by atoms with Gasteiger partial charge in [-0.25, -0.2) is 0 Å². The molecule has 0 radical (unpaired) electrons. The van der Waals surface area contributed by atoms with Gasteiger partial charge < -0.3 is 15.4 Å². The van der Waals surface area contributed by atoms with Gasteiger partial charge in [0.2, 0.25) is 0 Å². The van der Waals surface area contributed by atoms with Gasteiger partial charge in [0.15, 0.2) is 5.96 Å². The lowest BCUT2D eigenvalue weighted by molar-refractivity contribution is -0.0149. The van der Waals surface area contributed by atoms with Crippen molar-refractivity contribution in [2.75, 3.05) is 7.05 Å². The molecule has 138 valence electrons. The molecule has 0 aromatic heterocycles. The molecule has 0 amide bonds. The first-order chi connectivity index (χ1) is 10.7. The molecular formula is C19H34IN3O. The Kier molecular flexibility index (Phi) is 10.6. The highest BCUT2D eigenvalue weighted by Crippen LogP contribution is 2.13. The lowest BCUT2D eigenvalue weighted by Gasteiger charge is -2.21. The van der Waals surface area contributed by atoms with Gasteiger partial charge in [0.25, 0.3) is 0 Å². The average Bonchev–Trinajstić information content (AvgIpc) is 2.48. The summed E-state index contributed by atoms with van der Waals surface area (Å²) in [6.45, 7) is 14.2. The lowest BCUT2D eigenvalue weighted by Crippen LogP contribution is -2.43. The Bertz CT molecular complexity index is 510. The highest BCUT2D eigenvalue weighted by molar-refractivity contribution is 14.0. The summed E-state index contributed by atoms with van der Waals surface area (Å²) in [4.78, 5) is 4.29. The zero-order valence-corrected chi connectivity index (χ0v) is 18.5. The average molecular weight is 447 g/mol. The van der Waals surface area contributed by atoms with Crippen LogP contribution in [0.15, 0.2) is 29.3 Å². The Hall–Kier alpha value is -0.820. The molecule has 1 rings (SSSR count). The van der Waals surface area contributed by atoms with E-state index in [1.165, 1.54) is 11.1 Å². The molecule has 24 heavy (non-hydrogen) atoms. The normalized spacial score (nSPS) is 13.4. The molecule has 0 spiro atoms. The van der Waals surface area contributed by atoms with E-state index in [0.717, 1.165) is 12.5 Å². The van der Waals surface area contributed by atoms with Gasteiger partial charge >= 0.3 is 0 Å². The van der Waals surface area contributed by atoms with E-state index in [0.29, 0.717) is 18.6 Å². The van der Waals surface area contributed by atoms with Crippen LogP contribution in [0.1, 0.15) is 52.7 Å². The van der Waals surface area contributed by atoms with E-state index in [2.05, 4.69) is 81.4 Å². The second kappa shape index (κ2) is 10.9. The maximum absolute atomic E-state index is 5.84. The molecule has 0 saturated carbocycles. The molecule has 1 atom stereocenters. The highest BCUT2D eigenvalue weighted by Gasteiger charge is 2.11. The van der Waals surface area contributed by atoms with Crippen molar-refractivity contribution in [2.45, 2.75) is 66.3 Å². The van der Waals surface area contributed by atoms with Crippen molar-refractivity contribution in [2.24, 2.45) is 10.9 Å². The molecule has 0 saturated heterocycles. The van der Waals surface area contributed by atoms with E-state index in [4.69, 9.17) is 4.74 Å². The first-order valence-corrected chi connectivity index (χ1v) is 8.40. The molecule has 0 heterocycles. The minimum atomic E-state index is -0.118. The van der Waals surface area contributed by atoms with Crippen molar-refractivity contribution in [3.63, 3.8) is 0 Å². The van der Waals surface area contributed by atoms with E-state index in [9.17, 15) is 0 Å². The van der Waals surface area contributed by atoms with Crippen LogP contribution in [0.4, 0.5) is 0 Å². The summed E-state index contributed by atoms with van der Waals surface area (Å²) < 4.78 is 5.84. The quantitative estimate of drug-likeness (QED) is 0.388. The smallest absolute Gasteiger partial charge is 0.191 e. The topological polar surface area (TPSA) is 45.7 Å². The maximum atomic E-state index is 5.84. The molecule has 1 aromatic carbocycles. The number of hydrogen-bond donors (Lipinski definition) is 2. The van der Waals surface area contributed by atoms with Gasteiger partial charge in [0, 0.05) is 19.6 Å². The molecule has 1 aromatic rings. The van der Waals surface area contributed by atoms with E-state index in [1.807, 2.05) is 0 Å². The van der Waals surface area contributed by atoms with Crippen LogP contribution in [0.2, 0.25) is 0 Å². The van der Waals surface area contributed by atoms with E-state index in [1.54, 1.807) is 7.05 Å². The van der Waals surface area contributed by atoms with Gasteiger partial charge in [-0.1, -0.05) is 38.1 Å². The number of aliphatic imine (C=N–C) groups is 1. The fourth-order valence-corrected chi connectivity index (χ4v) is 1.89. The van der Waals surface area contributed by atoms with E-state index < -0.39 is 0 Å². The number of benzene rings is 1. The van der Waals surface area contributed by atoms with Gasteiger partial charge in [-0.05, 0) is 44.7 Å². The van der Waals surface area contributed by atoms with Gasteiger partial charge in [0.05, 0.1) is 12.2 Å². The molecule has 0 aliphatic rings. The van der Waals surface area contributed by atoms with Crippen molar-refractivity contribution in [1.29, 1.82) is 0 Å². The Morgan fingerprint density at radius 3 is 2.33 bits per heavy atom. The summed E-state index contributed by atoms with van der Waals surface area (Å²) in [5.74, 6) is 1.40. The van der Waals surface area contributed by atoms with Crippen LogP contribution in [0, 0.1) is 5.92 Å². The summed E-state index contributed by atoms with van der Waals surface area (Å²) in [6, 6.07) is 8.85. The van der Waals surface area contributed by atoms with Crippen LogP contribution >= 0.6 is 24.0 Å². The van der Waals surface area contributed by atoms with Crippen LogP contribution in [0.25, 0.3) is 0 Å². The molecule has 4 nitrogen and oxygen atoms in total. The van der Waals surface area contributed by atoms with Gasteiger partial charge in [0.1, 0.15) is 0 Å². The first-order valence-electron chi connectivity index (χ1n) is 8.40. The van der Waals surface area contributed by atoms with Gasteiger partial charge in [-0.3, -0.25) is 4.99 Å². The summed E-state index contributed by atoms with van der Waals surface area (Å²) in [6.07, 6.45) is 0. The van der Waals surface area contributed by atoms with Crippen LogP contribution < -0.4 is 10.6 Å². The third-order valence-electron chi connectivity index (χ3n) is 3.71. The Balaban J connectivity index is 0.00000529. The summed E-state index contributed by atoms with van der Waals surface area (Å²) in [5.41, 5.74) is 2.30. The highest BCUT2D eigenvalue weighted by atomic mass is 127. The SMILES string of the molecule is CN=C(NCc1cccc(COC(C)(C)C)c1)NC(C)C(C)C.I. The fourth-order valence-electron chi connectivity index (χ4n) is 1.89. The lowest BCUT2D eigenvalue weighted by atomic mass is 10.1. The second-order valence-electron chi connectivity index (χ2n) is 7.32. The number of guanidine groups is 1. The molecule has 0 aliphatic carbocycles. The number of hydrogen-bond acceptors (Lipinski definition) is 2. The minimum Gasteiger partial charge on any atom is -0.371 e. The number of nitrogens with one attached hydrogen (secondary N) is 2. The summed E-state index contributed by atoms with van der Waals surface area (Å²) in [5, 5.41) is 6.78. The first kappa shape index (κ1) is 23.2. The molecule has 0 bridgehead atoms. The van der Waals surface area contributed by atoms with E-state index >= 15 is 0 Å². The summed E-state index contributed by atoms with van der Waals surface area (Å²) in [7, 11) is 1.80. The number of nitrogens with zero attached hydrogens (tertiary/aromatic N) is 1. The maximum Gasteiger partial charge on any atom is 0.191 e. The van der Waals surface area contributed by atoms with Crippen molar-refractivity contribution in [3.8, 4) is 0 Å². The molecule has 0 fully saturated rings. The van der Waals surface area contributed by atoms with Crippen molar-refractivity contribution in [1.82, 2.24) is 10.6 Å². The van der Waals surface area contributed by atoms with E-state index in [-0.39, 0.29) is 29.6 Å². The molecule has 0 aliphatic heterocycles. The van der Waals surface area contributed by atoms with Crippen molar-refractivity contribution >= 4 is 29.9 Å². The van der Waals surface area contributed by atoms with Crippen LogP contribution in [-0.4, -0.2) is 24.7 Å². The van der Waals surface area contributed by atoms with Crippen molar-refractivity contribution < 1.29 is 4.74 Å². The molecule has 1 unspecified atom stereocenters. The summed E-state index contributed by atoms with van der Waals surface area (Å²) >= 11 is 0. The van der Waals surface area contributed by atoms with Gasteiger partial charge in [-0.15, -0.1) is 24.0 Å². The second-order valence-corrected chi connectivity index (χ2v) is 7.32. The third-order valence-corrected chi connectivity index (χ3v) is 3.71. The Morgan fingerprint density at radius 2 is 1.79 bits per heavy atom. The number of rotatable bonds is 6. The predicted molar refractivity (Wildman–Crippen MR) is 114 cm³/mol. The monoisotopic (exact) mass is 447 g/mol. The van der Waals surface area contributed by atoms with Crippen LogP contribution in [0.5, 0.6) is 0 Å². The van der Waals surface area contributed by atoms with Crippen molar-refractivity contribution in [3.05, 3.63) is 35.4 Å². The van der Waals surface area contributed by atoms with Crippen LogP contribution in [0.3, 0.4) is 0 Å². The molecular weight excluding hydrogens is 413 g/mol. The fraction of sp³-hybridized carbons (Fsp3) is 0.632. The minimum absolute atomic E-state index is 0. The Labute approximate surface area is 164 Å². The number of halogens is 1. The van der Waals surface area contributed by atoms with Crippen LogP contribution in [-0.2, 0) is 17.9 Å². The number of ether oxygens (including phenoxy) is 1. The standard InChI is InChI=1S/C19H33N3O.HI/c1-14(2)15(3)22-18(20-7)21-12-16-9-8-10-17(11-16)13-23-19(4,5)6;/h8-11,14-15H,12-13H2,1-7H3,(H2,20,21,22);1H. The zero-order chi connectivity index (χ0) is 17.5. The molecule has 5 heteroatoms. The third kappa shape index (κ3) is 9.47. The Morgan fingerprint density at radius 1 is 1.17 bits per heavy atom.